The summed E-state index contributed by atoms with van der Waals surface area (Å²) < 4.78 is 0. The summed E-state index contributed by atoms with van der Waals surface area (Å²) in [6, 6.07) is -0.403. The molecule has 316 valence electrons. The van der Waals surface area contributed by atoms with E-state index in [1.54, 1.807) is 12.3 Å². The van der Waals surface area contributed by atoms with E-state index >= 15 is 0 Å². The second-order valence-electron chi connectivity index (χ2n) is 13.0. The summed E-state index contributed by atoms with van der Waals surface area (Å²) in [5.74, 6) is -7.78. The number of nitrogens with zero attached hydrogens (tertiary/aromatic N) is 1. The third kappa shape index (κ3) is 15.6. The molecule has 0 radical (unpaired) electrons. The molecule has 0 saturated carbocycles. The largest absolute Gasteiger partial charge is 0.481 e. The number of nitrogens with one attached hydrogen (secondary N) is 8. The Labute approximate surface area is 339 Å². The lowest BCUT2D eigenvalue weighted by Gasteiger charge is -2.24. The first-order chi connectivity index (χ1) is 27.6. The van der Waals surface area contributed by atoms with Crippen molar-refractivity contribution >= 4 is 92.1 Å². The standard InChI is InChI=1S/C34H48N12O10S2/c1-17(35)29(52)46-25-16-58-57-15-19(14-47)42-32(55)23(9-18-11-39-21-6-3-2-5-20(18)21)43-26(48)13-41-31(54)24(10-28(50)51)44-27(49)12-40-30(53)22(45-33(25)56)7-4-8-38-34(36)37/h2-3,5-6,11,14,17,19,22-25,39H,4,7-10,12-13,15-16,35H2,1H3,(H,40,53)(H,41,54)(H,42,55)(H,43,48)(H,44,49)(H,45,56)(H,46,52)(H,50,51)(H4,36,37,38)/t17-,19+,22-,23-,24-,25-/m0/s1. The lowest BCUT2D eigenvalue weighted by atomic mass is 10.0. The van der Waals surface area contributed by atoms with Crippen LogP contribution >= 0.6 is 21.6 Å². The van der Waals surface area contributed by atoms with Crippen molar-refractivity contribution in [2.75, 3.05) is 31.1 Å². The quantitative estimate of drug-likeness (QED) is 0.0336. The smallest absolute Gasteiger partial charge is 0.305 e. The number of carbonyl (C=O) groups excluding carboxylic acids is 8. The minimum atomic E-state index is -1.70. The lowest BCUT2D eigenvalue weighted by molar-refractivity contribution is -0.141. The minimum Gasteiger partial charge on any atom is -0.481 e. The van der Waals surface area contributed by atoms with Crippen LogP contribution < -0.4 is 54.4 Å². The van der Waals surface area contributed by atoms with E-state index in [0.29, 0.717) is 11.8 Å². The van der Waals surface area contributed by atoms with Crippen LogP contribution in [0.4, 0.5) is 0 Å². The molecule has 15 N–H and O–H groups in total. The van der Waals surface area contributed by atoms with Crippen LogP contribution in [-0.4, -0.2) is 137 Å². The Balaban J connectivity index is 1.92. The van der Waals surface area contributed by atoms with E-state index in [-0.39, 0.29) is 43.3 Å². The summed E-state index contributed by atoms with van der Waals surface area (Å²) in [6.07, 6.45) is 1.34. The molecule has 1 fully saturated rings. The molecule has 2 aromatic rings. The number of amides is 7. The van der Waals surface area contributed by atoms with Crippen molar-refractivity contribution in [2.24, 2.45) is 22.2 Å². The highest BCUT2D eigenvalue weighted by Gasteiger charge is 2.30. The van der Waals surface area contributed by atoms with Gasteiger partial charge in [-0.15, -0.1) is 0 Å². The lowest BCUT2D eigenvalue weighted by Crippen LogP contribution is -2.57. The second kappa shape index (κ2) is 23.4. The highest BCUT2D eigenvalue weighted by atomic mass is 33.1. The molecular weight excluding hydrogens is 801 g/mol. The van der Waals surface area contributed by atoms with Gasteiger partial charge in [0.05, 0.1) is 31.6 Å². The molecule has 58 heavy (non-hydrogen) atoms. The van der Waals surface area contributed by atoms with Gasteiger partial charge in [-0.05, 0) is 31.4 Å². The summed E-state index contributed by atoms with van der Waals surface area (Å²) in [4.78, 5) is 123. The van der Waals surface area contributed by atoms with Crippen molar-refractivity contribution in [3.63, 3.8) is 0 Å². The number of nitrogens with two attached hydrogens (primary N) is 3. The number of aromatic nitrogens is 1. The number of rotatable bonds is 11. The Morgan fingerprint density at radius 2 is 1.53 bits per heavy atom. The topological polar surface area (TPSA) is 364 Å². The van der Waals surface area contributed by atoms with Crippen LogP contribution in [0.2, 0.25) is 0 Å². The Hall–Kier alpha value is -5.88. The summed E-state index contributed by atoms with van der Waals surface area (Å²) in [7, 11) is 2.15. The zero-order valence-electron chi connectivity index (χ0n) is 31.4. The number of guanidine groups is 1. The maximum Gasteiger partial charge on any atom is 0.305 e. The number of para-hydroxylation sites is 1. The van der Waals surface area contributed by atoms with Gasteiger partial charge in [0, 0.05) is 41.6 Å². The molecule has 0 bridgehead atoms. The minimum absolute atomic E-state index is 0.0128. The van der Waals surface area contributed by atoms with Gasteiger partial charge in [-0.2, -0.15) is 0 Å². The number of aliphatic carboxylic acids is 1. The van der Waals surface area contributed by atoms with E-state index in [0.717, 1.165) is 32.5 Å². The van der Waals surface area contributed by atoms with Crippen LogP contribution in [0.25, 0.3) is 10.9 Å². The number of hydrogen-bond donors (Lipinski definition) is 12. The van der Waals surface area contributed by atoms with Gasteiger partial charge >= 0.3 is 5.97 Å². The van der Waals surface area contributed by atoms with Crippen molar-refractivity contribution in [1.82, 2.24) is 42.2 Å². The van der Waals surface area contributed by atoms with Crippen molar-refractivity contribution in [3.8, 4) is 0 Å². The van der Waals surface area contributed by atoms with Crippen LogP contribution in [0, 0.1) is 0 Å². The van der Waals surface area contributed by atoms with E-state index in [1.165, 1.54) is 6.92 Å². The van der Waals surface area contributed by atoms with E-state index < -0.39 is 103 Å². The third-order valence-corrected chi connectivity index (χ3v) is 10.8. The second-order valence-corrected chi connectivity index (χ2v) is 15.6. The molecule has 0 spiro atoms. The number of aromatic amines is 1. The molecule has 2 heterocycles. The zero-order valence-corrected chi connectivity index (χ0v) is 33.0. The molecular formula is C34H48N12O10S2. The number of H-pyrrole nitrogens is 1. The Morgan fingerprint density at radius 1 is 0.897 bits per heavy atom. The Bertz CT molecular complexity index is 1850. The molecule has 1 saturated heterocycles. The van der Waals surface area contributed by atoms with Gasteiger partial charge in [0.2, 0.25) is 41.4 Å². The number of carboxylic acids is 1. The molecule has 7 amide bonds. The molecule has 0 aliphatic carbocycles. The van der Waals surface area contributed by atoms with Crippen molar-refractivity contribution < 1.29 is 48.3 Å². The average Bonchev–Trinajstić information content (AvgIpc) is 3.58. The molecule has 1 aliphatic heterocycles. The summed E-state index contributed by atoms with van der Waals surface area (Å²) in [5, 5.41) is 27.2. The van der Waals surface area contributed by atoms with E-state index in [1.807, 2.05) is 18.2 Å². The number of aliphatic imine (C=N–C) groups is 1. The van der Waals surface area contributed by atoms with E-state index in [2.05, 4.69) is 47.2 Å². The number of fused-ring (bicyclic) bond motifs is 1. The van der Waals surface area contributed by atoms with Crippen LogP contribution in [0.15, 0.2) is 35.5 Å². The van der Waals surface area contributed by atoms with Gasteiger partial charge in [0.25, 0.3) is 0 Å². The highest BCUT2D eigenvalue weighted by molar-refractivity contribution is 8.76. The fraction of sp³-hybridized carbons (Fsp3) is 0.471. The van der Waals surface area contributed by atoms with Gasteiger partial charge in [0.15, 0.2) is 5.96 Å². The first-order valence-electron chi connectivity index (χ1n) is 17.9. The molecule has 1 aromatic carbocycles. The van der Waals surface area contributed by atoms with Crippen molar-refractivity contribution in [1.29, 1.82) is 0 Å². The molecule has 3 rings (SSSR count). The number of hydrogen-bond acceptors (Lipinski definition) is 13. The van der Waals surface area contributed by atoms with Gasteiger partial charge in [-0.3, -0.25) is 43.3 Å². The van der Waals surface area contributed by atoms with Gasteiger partial charge < -0.3 is 69.3 Å². The van der Waals surface area contributed by atoms with Crippen LogP contribution in [0.3, 0.4) is 0 Å². The molecule has 1 aromatic heterocycles. The third-order valence-electron chi connectivity index (χ3n) is 8.31. The monoisotopic (exact) mass is 848 g/mol. The maximum atomic E-state index is 13.6. The molecule has 22 nitrogen and oxygen atoms in total. The van der Waals surface area contributed by atoms with Gasteiger partial charge in [0.1, 0.15) is 30.5 Å². The van der Waals surface area contributed by atoms with Crippen molar-refractivity contribution in [3.05, 3.63) is 36.0 Å². The normalized spacial score (nSPS) is 22.8. The maximum absolute atomic E-state index is 13.6. The first-order valence-corrected chi connectivity index (χ1v) is 20.4. The predicted octanol–water partition coefficient (Wildman–Crippen LogP) is -4.16. The molecule has 24 heteroatoms. The molecule has 6 atom stereocenters. The number of aldehydes is 1. The fourth-order valence-electron chi connectivity index (χ4n) is 5.35. The molecule has 0 unspecified atom stereocenters. The fourth-order valence-corrected chi connectivity index (χ4v) is 7.65. The van der Waals surface area contributed by atoms with Crippen LogP contribution in [0.1, 0.15) is 31.7 Å². The van der Waals surface area contributed by atoms with Crippen LogP contribution in [-0.2, 0) is 49.6 Å². The summed E-state index contributed by atoms with van der Waals surface area (Å²) >= 11 is 0. The van der Waals surface area contributed by atoms with E-state index in [4.69, 9.17) is 17.2 Å². The summed E-state index contributed by atoms with van der Waals surface area (Å²) in [5.41, 5.74) is 17.9. The Kier molecular flexibility index (Phi) is 18.7. The first kappa shape index (κ1) is 46.5. The zero-order chi connectivity index (χ0) is 42.8. The van der Waals surface area contributed by atoms with Crippen molar-refractivity contribution in [2.45, 2.75) is 68.9 Å². The average molecular weight is 849 g/mol. The Morgan fingerprint density at radius 3 is 2.17 bits per heavy atom. The number of benzene rings is 1. The summed E-state index contributed by atoms with van der Waals surface area (Å²) in [6.45, 7) is -0.0238. The van der Waals surface area contributed by atoms with Gasteiger partial charge in [-0.25, -0.2) is 0 Å². The number of carbonyl (C=O) groups is 9. The highest BCUT2D eigenvalue weighted by Crippen LogP contribution is 2.23. The molecule has 1 aliphatic rings. The van der Waals surface area contributed by atoms with E-state index in [9.17, 15) is 48.3 Å². The number of carboxylic acid groups (broad SMARTS) is 1. The van der Waals surface area contributed by atoms with Gasteiger partial charge in [-0.1, -0.05) is 39.8 Å². The van der Waals surface area contributed by atoms with Crippen LogP contribution in [0.5, 0.6) is 0 Å². The predicted molar refractivity (Wildman–Crippen MR) is 214 cm³/mol. The SMILES string of the molecule is C[C@H](N)C(=O)N[C@H]1CSSC[C@@H](C=O)NC(=O)[C@H](Cc2c[nH]c3ccccc23)NC(=O)CNC(=O)[C@H](CC(=O)O)NC(=O)CNC(=O)[C@H](CCCN=C(N)N)NC1=O.